The highest BCUT2D eigenvalue weighted by atomic mass is 19.4. The molecule has 1 amide bonds. The minimum absolute atomic E-state index is 0.0993. The van der Waals surface area contributed by atoms with Gasteiger partial charge < -0.3 is 10.6 Å². The molecule has 0 spiro atoms. The molecule has 0 saturated carbocycles. The molecular formula is C16H21F3N2O. The van der Waals surface area contributed by atoms with Gasteiger partial charge in [-0.3, -0.25) is 4.79 Å². The van der Waals surface area contributed by atoms with Crippen molar-refractivity contribution in [3.8, 4) is 0 Å². The molecule has 0 aromatic heterocycles. The van der Waals surface area contributed by atoms with Crippen molar-refractivity contribution in [2.45, 2.75) is 31.9 Å². The van der Waals surface area contributed by atoms with Crippen LogP contribution in [-0.2, 0) is 11.0 Å². The van der Waals surface area contributed by atoms with Gasteiger partial charge in [0.1, 0.15) is 0 Å². The van der Waals surface area contributed by atoms with Gasteiger partial charge in [0, 0.05) is 13.1 Å². The fourth-order valence-electron chi connectivity index (χ4n) is 2.93. The van der Waals surface area contributed by atoms with Gasteiger partial charge in [-0.2, -0.15) is 13.2 Å². The Balaban J connectivity index is 2.19. The molecule has 0 aliphatic carbocycles. The maximum absolute atomic E-state index is 12.8. The van der Waals surface area contributed by atoms with Gasteiger partial charge in [-0.1, -0.05) is 25.1 Å². The third-order valence-electron chi connectivity index (χ3n) is 4.25. The van der Waals surface area contributed by atoms with Crippen LogP contribution in [0.3, 0.4) is 0 Å². The minimum atomic E-state index is -4.39. The van der Waals surface area contributed by atoms with E-state index in [1.807, 2.05) is 6.92 Å². The van der Waals surface area contributed by atoms with Gasteiger partial charge in [0.05, 0.1) is 11.5 Å². The molecule has 1 heterocycles. The van der Waals surface area contributed by atoms with Crippen LogP contribution >= 0.6 is 0 Å². The van der Waals surface area contributed by atoms with Crippen LogP contribution in [0.2, 0.25) is 0 Å². The van der Waals surface area contributed by atoms with E-state index < -0.39 is 17.7 Å². The molecule has 6 heteroatoms. The third-order valence-corrected chi connectivity index (χ3v) is 4.25. The zero-order valence-corrected chi connectivity index (χ0v) is 12.6. The standard InChI is InChI=1S/C16H21F3N2O/c1-2-14(15(22)21-7-6-11(9-20)10-21)12-4-3-5-13(8-12)16(17,18)19/h3-5,8,11,14H,2,6-7,9-10,20H2,1H3. The molecule has 1 fully saturated rings. The summed E-state index contributed by atoms with van der Waals surface area (Å²) in [4.78, 5) is 14.3. The quantitative estimate of drug-likeness (QED) is 0.928. The lowest BCUT2D eigenvalue weighted by molar-refractivity contribution is -0.138. The van der Waals surface area contributed by atoms with Crippen LogP contribution in [0.5, 0.6) is 0 Å². The van der Waals surface area contributed by atoms with Gasteiger partial charge >= 0.3 is 6.18 Å². The van der Waals surface area contributed by atoms with Crippen LogP contribution in [0.4, 0.5) is 13.2 Å². The molecule has 1 aromatic carbocycles. The average molecular weight is 314 g/mol. The van der Waals surface area contributed by atoms with Crippen LogP contribution < -0.4 is 5.73 Å². The van der Waals surface area contributed by atoms with Crippen molar-refractivity contribution >= 4 is 5.91 Å². The van der Waals surface area contributed by atoms with Crippen molar-refractivity contribution < 1.29 is 18.0 Å². The van der Waals surface area contributed by atoms with E-state index in [0.717, 1.165) is 18.6 Å². The number of amides is 1. The topological polar surface area (TPSA) is 46.3 Å². The van der Waals surface area contributed by atoms with Crippen molar-refractivity contribution in [3.63, 3.8) is 0 Å². The fourth-order valence-corrected chi connectivity index (χ4v) is 2.93. The highest BCUT2D eigenvalue weighted by molar-refractivity contribution is 5.84. The van der Waals surface area contributed by atoms with Gasteiger partial charge in [-0.25, -0.2) is 0 Å². The van der Waals surface area contributed by atoms with E-state index in [9.17, 15) is 18.0 Å². The largest absolute Gasteiger partial charge is 0.416 e. The Kier molecular flexibility index (Phi) is 5.11. The second-order valence-electron chi connectivity index (χ2n) is 5.76. The first-order valence-corrected chi connectivity index (χ1v) is 7.52. The van der Waals surface area contributed by atoms with Gasteiger partial charge in [-0.15, -0.1) is 0 Å². The van der Waals surface area contributed by atoms with Crippen LogP contribution in [0.25, 0.3) is 0 Å². The highest BCUT2D eigenvalue weighted by Crippen LogP contribution is 2.33. The molecule has 2 rings (SSSR count). The van der Waals surface area contributed by atoms with Crippen molar-refractivity contribution in [2.24, 2.45) is 11.7 Å². The van der Waals surface area contributed by atoms with E-state index in [0.29, 0.717) is 37.5 Å². The van der Waals surface area contributed by atoms with Crippen molar-refractivity contribution in [1.29, 1.82) is 0 Å². The van der Waals surface area contributed by atoms with E-state index in [1.54, 1.807) is 11.0 Å². The molecule has 1 aliphatic heterocycles. The van der Waals surface area contributed by atoms with Gasteiger partial charge in [0.25, 0.3) is 0 Å². The minimum Gasteiger partial charge on any atom is -0.342 e. The van der Waals surface area contributed by atoms with Crippen molar-refractivity contribution in [3.05, 3.63) is 35.4 Å². The Morgan fingerprint density at radius 2 is 2.18 bits per heavy atom. The predicted molar refractivity (Wildman–Crippen MR) is 78.2 cm³/mol. The zero-order valence-electron chi connectivity index (χ0n) is 12.6. The maximum atomic E-state index is 12.8. The number of nitrogens with two attached hydrogens (primary N) is 1. The number of halogens is 3. The van der Waals surface area contributed by atoms with Crippen LogP contribution in [0.15, 0.2) is 24.3 Å². The van der Waals surface area contributed by atoms with E-state index >= 15 is 0 Å². The first-order valence-electron chi connectivity index (χ1n) is 7.52. The van der Waals surface area contributed by atoms with Gasteiger partial charge in [-0.05, 0) is 36.9 Å². The lowest BCUT2D eigenvalue weighted by atomic mass is 9.93. The molecule has 0 radical (unpaired) electrons. The van der Waals surface area contributed by atoms with E-state index in [-0.39, 0.29) is 5.91 Å². The molecule has 1 aromatic rings. The normalized spacial score (nSPS) is 20.2. The first-order chi connectivity index (χ1) is 10.4. The summed E-state index contributed by atoms with van der Waals surface area (Å²) in [5.41, 5.74) is 5.34. The summed E-state index contributed by atoms with van der Waals surface area (Å²) in [6.07, 6.45) is -3.05. The van der Waals surface area contributed by atoms with Crippen molar-refractivity contribution in [1.82, 2.24) is 4.90 Å². The summed E-state index contributed by atoms with van der Waals surface area (Å²) < 4.78 is 38.5. The molecule has 1 saturated heterocycles. The predicted octanol–water partition coefficient (Wildman–Crippen LogP) is 3.01. The summed E-state index contributed by atoms with van der Waals surface area (Å²) in [6, 6.07) is 5.07. The molecule has 2 atom stereocenters. The highest BCUT2D eigenvalue weighted by Gasteiger charge is 2.33. The number of carbonyl (C=O) groups excluding carboxylic acids is 1. The van der Waals surface area contributed by atoms with Crippen molar-refractivity contribution in [2.75, 3.05) is 19.6 Å². The molecule has 1 aliphatic rings. The van der Waals surface area contributed by atoms with Crippen LogP contribution in [0, 0.1) is 5.92 Å². The zero-order chi connectivity index (χ0) is 16.3. The number of hydrogen-bond donors (Lipinski definition) is 1. The molecule has 22 heavy (non-hydrogen) atoms. The summed E-state index contributed by atoms with van der Waals surface area (Å²) in [7, 11) is 0. The maximum Gasteiger partial charge on any atom is 0.416 e. The SMILES string of the molecule is CCC(C(=O)N1CCC(CN)C1)c1cccc(C(F)(F)F)c1. The Morgan fingerprint density at radius 3 is 2.73 bits per heavy atom. The Morgan fingerprint density at radius 1 is 1.45 bits per heavy atom. The van der Waals surface area contributed by atoms with Crippen LogP contribution in [0.1, 0.15) is 36.8 Å². The summed E-state index contributed by atoms with van der Waals surface area (Å²) in [6.45, 7) is 3.59. The number of alkyl halides is 3. The number of rotatable bonds is 4. The summed E-state index contributed by atoms with van der Waals surface area (Å²) in [5, 5.41) is 0. The van der Waals surface area contributed by atoms with E-state index in [1.165, 1.54) is 6.07 Å². The molecule has 2 N–H and O–H groups in total. The Bertz CT molecular complexity index is 530. The summed E-state index contributed by atoms with van der Waals surface area (Å²) in [5.74, 6) is -0.334. The monoisotopic (exact) mass is 314 g/mol. The number of likely N-dealkylation sites (tertiary alicyclic amines) is 1. The molecule has 2 unspecified atom stereocenters. The lowest BCUT2D eigenvalue weighted by Gasteiger charge is -2.23. The number of benzene rings is 1. The van der Waals surface area contributed by atoms with E-state index in [2.05, 4.69) is 0 Å². The number of hydrogen-bond acceptors (Lipinski definition) is 2. The molecule has 0 bridgehead atoms. The first kappa shape index (κ1) is 16.8. The second kappa shape index (κ2) is 6.69. The smallest absolute Gasteiger partial charge is 0.342 e. The van der Waals surface area contributed by atoms with Gasteiger partial charge in [0.2, 0.25) is 5.91 Å². The van der Waals surface area contributed by atoms with Gasteiger partial charge in [0.15, 0.2) is 0 Å². The molecular weight excluding hydrogens is 293 g/mol. The Labute approximate surface area is 128 Å². The molecule has 3 nitrogen and oxygen atoms in total. The third kappa shape index (κ3) is 3.61. The van der Waals surface area contributed by atoms with E-state index in [4.69, 9.17) is 5.73 Å². The number of nitrogens with zero attached hydrogens (tertiary/aromatic N) is 1. The summed E-state index contributed by atoms with van der Waals surface area (Å²) >= 11 is 0. The lowest BCUT2D eigenvalue weighted by Crippen LogP contribution is -2.34. The second-order valence-corrected chi connectivity index (χ2v) is 5.76. The Hall–Kier alpha value is -1.56. The fraction of sp³-hybridized carbons (Fsp3) is 0.562. The number of carbonyl (C=O) groups is 1. The van der Waals surface area contributed by atoms with Crippen LogP contribution in [-0.4, -0.2) is 30.4 Å². The molecule has 122 valence electrons. The average Bonchev–Trinajstić information content (AvgIpc) is 2.96.